The third-order valence-electron chi connectivity index (χ3n) is 2.98. The monoisotopic (exact) mass is 243 g/mol. The van der Waals surface area contributed by atoms with Crippen molar-refractivity contribution in [1.82, 2.24) is 5.32 Å². The van der Waals surface area contributed by atoms with Crippen molar-refractivity contribution in [3.8, 4) is 11.1 Å². The smallest absolute Gasteiger partial charge is 0.252 e. The number of halogens is 1. The summed E-state index contributed by atoms with van der Waals surface area (Å²) < 4.78 is 0. The van der Waals surface area contributed by atoms with E-state index < -0.39 is 0 Å². The molecule has 1 aliphatic rings. The maximum absolute atomic E-state index is 11.8. The van der Waals surface area contributed by atoms with Gasteiger partial charge in [0.2, 0.25) is 0 Å². The van der Waals surface area contributed by atoms with Gasteiger partial charge in [-0.15, -0.1) is 0 Å². The Labute approximate surface area is 104 Å². The summed E-state index contributed by atoms with van der Waals surface area (Å²) in [4.78, 5) is 11.8. The number of hydrogen-bond donors (Lipinski definition) is 1. The fourth-order valence-electron chi connectivity index (χ4n) is 2.18. The first-order chi connectivity index (χ1) is 8.27. The Bertz CT molecular complexity index is 607. The fraction of sp³-hybridized carbons (Fsp3) is 0.0714. The van der Waals surface area contributed by atoms with Crippen molar-refractivity contribution >= 4 is 17.5 Å². The first kappa shape index (κ1) is 10.4. The van der Waals surface area contributed by atoms with E-state index in [-0.39, 0.29) is 5.91 Å². The molecule has 0 atom stereocenters. The molecule has 2 nitrogen and oxygen atoms in total. The van der Waals surface area contributed by atoms with Gasteiger partial charge >= 0.3 is 0 Å². The van der Waals surface area contributed by atoms with Crippen LogP contribution in [0.25, 0.3) is 11.1 Å². The molecule has 2 aromatic rings. The molecule has 0 unspecified atom stereocenters. The van der Waals surface area contributed by atoms with Crippen molar-refractivity contribution in [3.05, 3.63) is 58.6 Å². The summed E-state index contributed by atoms with van der Waals surface area (Å²) in [5.74, 6) is -0.0180. The van der Waals surface area contributed by atoms with Crippen molar-refractivity contribution in [3.63, 3.8) is 0 Å². The number of rotatable bonds is 1. The van der Waals surface area contributed by atoms with Crippen LogP contribution >= 0.6 is 11.6 Å². The molecule has 0 saturated carbocycles. The van der Waals surface area contributed by atoms with Gasteiger partial charge in [0.25, 0.3) is 5.91 Å². The van der Waals surface area contributed by atoms with Gasteiger partial charge in [-0.25, -0.2) is 0 Å². The van der Waals surface area contributed by atoms with Crippen molar-refractivity contribution < 1.29 is 4.79 Å². The number of carbonyl (C=O) groups excluding carboxylic acids is 1. The Morgan fingerprint density at radius 3 is 2.59 bits per heavy atom. The second-order valence-corrected chi connectivity index (χ2v) is 4.41. The van der Waals surface area contributed by atoms with E-state index in [0.717, 1.165) is 22.3 Å². The van der Waals surface area contributed by atoms with Gasteiger partial charge in [-0.1, -0.05) is 48.0 Å². The Morgan fingerprint density at radius 1 is 1.00 bits per heavy atom. The quantitative estimate of drug-likeness (QED) is 0.819. The van der Waals surface area contributed by atoms with Crippen LogP contribution in [0.2, 0.25) is 5.02 Å². The van der Waals surface area contributed by atoms with Crippen molar-refractivity contribution in [2.45, 2.75) is 6.54 Å². The van der Waals surface area contributed by atoms with Gasteiger partial charge in [0, 0.05) is 17.1 Å². The standard InChI is InChI=1S/C14H10ClNO/c15-12-7-2-1-5-10(12)11-6-3-4-9-8-16-14(17)13(9)11/h1-7H,8H2,(H,16,17). The van der Waals surface area contributed by atoms with Gasteiger partial charge in [0.15, 0.2) is 0 Å². The largest absolute Gasteiger partial charge is 0.348 e. The molecule has 3 rings (SSSR count). The van der Waals surface area contributed by atoms with Crippen molar-refractivity contribution in [2.24, 2.45) is 0 Å². The SMILES string of the molecule is O=C1NCc2cccc(-c3ccccc3Cl)c21. The van der Waals surface area contributed by atoms with Crippen molar-refractivity contribution in [1.29, 1.82) is 0 Å². The molecule has 0 radical (unpaired) electrons. The number of fused-ring (bicyclic) bond motifs is 1. The highest BCUT2D eigenvalue weighted by Gasteiger charge is 2.23. The van der Waals surface area contributed by atoms with Crippen LogP contribution in [-0.2, 0) is 6.54 Å². The van der Waals surface area contributed by atoms with E-state index in [1.807, 2.05) is 42.5 Å². The highest BCUT2D eigenvalue weighted by atomic mass is 35.5. The number of carbonyl (C=O) groups is 1. The molecule has 0 aromatic heterocycles. The second kappa shape index (κ2) is 3.90. The molecular weight excluding hydrogens is 234 g/mol. The first-order valence-corrected chi connectivity index (χ1v) is 5.80. The molecule has 0 saturated heterocycles. The molecule has 0 bridgehead atoms. The second-order valence-electron chi connectivity index (χ2n) is 4.00. The predicted octanol–water partition coefficient (Wildman–Crippen LogP) is 3.25. The van der Waals surface area contributed by atoms with Crippen LogP contribution in [0.15, 0.2) is 42.5 Å². The summed E-state index contributed by atoms with van der Waals surface area (Å²) in [6.45, 7) is 0.604. The number of benzene rings is 2. The summed E-state index contributed by atoms with van der Waals surface area (Å²) in [7, 11) is 0. The van der Waals surface area contributed by atoms with E-state index in [2.05, 4.69) is 5.32 Å². The Kier molecular flexibility index (Phi) is 2.37. The highest BCUT2D eigenvalue weighted by molar-refractivity contribution is 6.33. The van der Waals surface area contributed by atoms with Gasteiger partial charge in [0.05, 0.1) is 5.56 Å². The summed E-state index contributed by atoms with van der Waals surface area (Å²) in [6, 6.07) is 13.4. The average molecular weight is 244 g/mol. The molecule has 3 heteroatoms. The highest BCUT2D eigenvalue weighted by Crippen LogP contribution is 2.33. The molecule has 1 amide bonds. The predicted molar refractivity (Wildman–Crippen MR) is 68.1 cm³/mol. The summed E-state index contributed by atoms with van der Waals surface area (Å²) >= 11 is 6.18. The lowest BCUT2D eigenvalue weighted by Gasteiger charge is -2.08. The fourth-order valence-corrected chi connectivity index (χ4v) is 2.42. The first-order valence-electron chi connectivity index (χ1n) is 5.42. The van der Waals surface area contributed by atoms with E-state index in [1.165, 1.54) is 0 Å². The topological polar surface area (TPSA) is 29.1 Å². The Hall–Kier alpha value is -1.80. The molecule has 2 aromatic carbocycles. The molecular formula is C14H10ClNO. The van der Waals surface area contributed by atoms with E-state index in [0.29, 0.717) is 11.6 Å². The third kappa shape index (κ3) is 1.61. The van der Waals surface area contributed by atoms with Gasteiger partial charge in [-0.2, -0.15) is 0 Å². The van der Waals surface area contributed by atoms with Crippen LogP contribution in [-0.4, -0.2) is 5.91 Å². The minimum atomic E-state index is -0.0180. The number of hydrogen-bond acceptors (Lipinski definition) is 1. The van der Waals surface area contributed by atoms with Crippen LogP contribution in [0.4, 0.5) is 0 Å². The summed E-state index contributed by atoms with van der Waals surface area (Å²) in [5, 5.41) is 3.50. The maximum atomic E-state index is 11.8. The van der Waals surface area contributed by atoms with Crippen molar-refractivity contribution in [2.75, 3.05) is 0 Å². The zero-order valence-corrected chi connectivity index (χ0v) is 9.79. The maximum Gasteiger partial charge on any atom is 0.252 e. The molecule has 0 spiro atoms. The Morgan fingerprint density at radius 2 is 1.76 bits per heavy atom. The van der Waals surface area contributed by atoms with Crippen LogP contribution < -0.4 is 5.32 Å². The van der Waals surface area contributed by atoms with Crippen LogP contribution in [0, 0.1) is 0 Å². The third-order valence-corrected chi connectivity index (χ3v) is 3.31. The molecule has 1 aliphatic heterocycles. The molecule has 84 valence electrons. The molecule has 0 fully saturated rings. The van der Waals surface area contributed by atoms with E-state index in [9.17, 15) is 4.79 Å². The lowest BCUT2D eigenvalue weighted by atomic mass is 9.97. The minimum Gasteiger partial charge on any atom is -0.348 e. The Balaban J connectivity index is 2.27. The normalized spacial score (nSPS) is 13.4. The summed E-state index contributed by atoms with van der Waals surface area (Å²) in [6.07, 6.45) is 0. The van der Waals surface area contributed by atoms with E-state index in [1.54, 1.807) is 0 Å². The number of nitrogens with one attached hydrogen (secondary N) is 1. The number of amides is 1. The molecule has 0 aliphatic carbocycles. The van der Waals surface area contributed by atoms with Crippen LogP contribution in [0.1, 0.15) is 15.9 Å². The van der Waals surface area contributed by atoms with E-state index >= 15 is 0 Å². The van der Waals surface area contributed by atoms with Crippen LogP contribution in [0.5, 0.6) is 0 Å². The zero-order valence-electron chi connectivity index (χ0n) is 9.03. The van der Waals surface area contributed by atoms with Gasteiger partial charge in [0.1, 0.15) is 0 Å². The van der Waals surface area contributed by atoms with E-state index in [4.69, 9.17) is 11.6 Å². The molecule has 17 heavy (non-hydrogen) atoms. The zero-order chi connectivity index (χ0) is 11.8. The lowest BCUT2D eigenvalue weighted by Crippen LogP contribution is -2.13. The average Bonchev–Trinajstić information content (AvgIpc) is 2.72. The van der Waals surface area contributed by atoms with Gasteiger partial charge in [-0.3, -0.25) is 4.79 Å². The molecule has 1 N–H and O–H groups in total. The minimum absolute atomic E-state index is 0.0180. The van der Waals surface area contributed by atoms with Gasteiger partial charge in [-0.05, 0) is 17.2 Å². The van der Waals surface area contributed by atoms with Gasteiger partial charge < -0.3 is 5.32 Å². The van der Waals surface area contributed by atoms with Crippen LogP contribution in [0.3, 0.4) is 0 Å². The lowest BCUT2D eigenvalue weighted by molar-refractivity contribution is 0.0966. The summed E-state index contributed by atoms with van der Waals surface area (Å²) in [5.41, 5.74) is 3.60. The molecule has 1 heterocycles.